The number of amides is 1. The molecule has 3 heterocycles. The lowest BCUT2D eigenvalue weighted by Crippen LogP contribution is -2.43. The zero-order valence-corrected chi connectivity index (χ0v) is 19.1. The molecule has 1 atom stereocenters. The molecule has 1 fully saturated rings. The van der Waals surface area contributed by atoms with Crippen molar-refractivity contribution in [2.45, 2.75) is 53.1 Å². The fourth-order valence-corrected chi connectivity index (χ4v) is 4.93. The van der Waals surface area contributed by atoms with Crippen molar-refractivity contribution in [1.82, 2.24) is 15.2 Å². The Balaban J connectivity index is 1.42. The van der Waals surface area contributed by atoms with Crippen LogP contribution in [0.2, 0.25) is 0 Å². The largest absolute Gasteiger partial charge is 0.459 e. The molecular formula is C24H31N3O2S. The molecule has 1 aliphatic rings. The third kappa shape index (κ3) is 4.44. The highest BCUT2D eigenvalue weighted by Gasteiger charge is 2.33. The summed E-state index contributed by atoms with van der Waals surface area (Å²) in [4.78, 5) is 19.7. The van der Waals surface area contributed by atoms with Crippen LogP contribution in [0, 0.1) is 18.3 Å². The Morgan fingerprint density at radius 2 is 2.03 bits per heavy atom. The van der Waals surface area contributed by atoms with Gasteiger partial charge < -0.3 is 9.73 Å². The monoisotopic (exact) mass is 425 g/mol. The summed E-state index contributed by atoms with van der Waals surface area (Å²) in [6.07, 6.45) is 3.90. The van der Waals surface area contributed by atoms with Crippen LogP contribution in [0.5, 0.6) is 0 Å². The number of furan rings is 1. The first-order chi connectivity index (χ1) is 14.3. The number of thiazole rings is 1. The first-order valence-corrected chi connectivity index (χ1v) is 11.6. The van der Waals surface area contributed by atoms with Gasteiger partial charge in [-0.05, 0) is 50.4 Å². The van der Waals surface area contributed by atoms with Crippen LogP contribution in [0.4, 0.5) is 0 Å². The lowest BCUT2D eigenvalue weighted by atomic mass is 9.87. The molecule has 0 aliphatic carbocycles. The molecule has 1 saturated heterocycles. The first-order valence-electron chi connectivity index (χ1n) is 10.7. The molecule has 0 bridgehead atoms. The highest BCUT2D eigenvalue weighted by atomic mass is 32.1. The first kappa shape index (κ1) is 21.1. The van der Waals surface area contributed by atoms with Gasteiger partial charge in [-0.15, -0.1) is 11.3 Å². The molecule has 1 N–H and O–H groups in total. The maximum absolute atomic E-state index is 12.7. The molecule has 0 saturated carbocycles. The van der Waals surface area contributed by atoms with E-state index < -0.39 is 5.41 Å². The van der Waals surface area contributed by atoms with E-state index in [1.807, 2.05) is 44.5 Å². The average molecular weight is 426 g/mol. The number of hydrogen-bond donors (Lipinski definition) is 1. The van der Waals surface area contributed by atoms with Gasteiger partial charge in [-0.25, -0.2) is 4.98 Å². The van der Waals surface area contributed by atoms with Crippen LogP contribution in [0.25, 0.3) is 11.0 Å². The van der Waals surface area contributed by atoms with Crippen molar-refractivity contribution in [3.05, 3.63) is 52.2 Å². The van der Waals surface area contributed by atoms with Gasteiger partial charge in [-0.1, -0.05) is 39.0 Å². The summed E-state index contributed by atoms with van der Waals surface area (Å²) >= 11 is 1.63. The third-order valence-corrected chi connectivity index (χ3v) is 6.96. The van der Waals surface area contributed by atoms with Crippen LogP contribution >= 0.6 is 11.3 Å². The number of carbonyl (C=O) groups is 1. The maximum atomic E-state index is 12.7. The second-order valence-corrected chi connectivity index (χ2v) is 10.3. The number of carbonyl (C=O) groups excluding carboxylic acids is 1. The maximum Gasteiger partial charge on any atom is 0.225 e. The standard InChI is InChI=1S/C24H31N3O2S/c1-16-18-7-5-6-8-19(18)29-20(16)15-27-12-9-17(10-13-27)21(22-25-11-14-30-22)26-23(28)24(2,3)4/h5-8,11,14,17,21H,9-10,12-13,15H2,1-4H3,(H,26,28). The van der Waals surface area contributed by atoms with Gasteiger partial charge in [0.15, 0.2) is 0 Å². The summed E-state index contributed by atoms with van der Waals surface area (Å²) in [6, 6.07) is 8.23. The summed E-state index contributed by atoms with van der Waals surface area (Å²) in [5, 5.41) is 7.50. The van der Waals surface area contributed by atoms with Gasteiger partial charge in [0.2, 0.25) is 5.91 Å². The molecule has 0 spiro atoms. The van der Waals surface area contributed by atoms with Crippen molar-refractivity contribution in [3.63, 3.8) is 0 Å². The highest BCUT2D eigenvalue weighted by Crippen LogP contribution is 2.34. The van der Waals surface area contributed by atoms with Gasteiger partial charge in [0, 0.05) is 22.4 Å². The van der Waals surface area contributed by atoms with Crippen LogP contribution in [0.1, 0.15) is 56.0 Å². The zero-order chi connectivity index (χ0) is 21.3. The minimum atomic E-state index is -0.408. The van der Waals surface area contributed by atoms with Crippen molar-refractivity contribution >= 4 is 28.2 Å². The van der Waals surface area contributed by atoms with Gasteiger partial charge in [0.1, 0.15) is 16.4 Å². The number of benzene rings is 1. The normalized spacial score (nSPS) is 17.3. The number of aromatic nitrogens is 1. The van der Waals surface area contributed by atoms with E-state index >= 15 is 0 Å². The summed E-state index contributed by atoms with van der Waals surface area (Å²) in [5.74, 6) is 1.55. The fraction of sp³-hybridized carbons (Fsp3) is 0.500. The Morgan fingerprint density at radius 1 is 1.30 bits per heavy atom. The van der Waals surface area contributed by atoms with Crippen molar-refractivity contribution < 1.29 is 9.21 Å². The van der Waals surface area contributed by atoms with E-state index in [9.17, 15) is 4.79 Å². The number of para-hydroxylation sites is 1. The van der Waals surface area contributed by atoms with Crippen LogP contribution in [-0.2, 0) is 11.3 Å². The SMILES string of the molecule is Cc1c(CN2CCC(C(NC(=O)C(C)(C)C)c3nccs3)CC2)oc2ccccc12. The minimum Gasteiger partial charge on any atom is -0.459 e. The van der Waals surface area contributed by atoms with E-state index in [-0.39, 0.29) is 11.9 Å². The number of fused-ring (bicyclic) bond motifs is 1. The summed E-state index contributed by atoms with van der Waals surface area (Å²) in [6.45, 7) is 10.8. The number of hydrogen-bond acceptors (Lipinski definition) is 5. The molecule has 160 valence electrons. The molecule has 5 nitrogen and oxygen atoms in total. The number of likely N-dealkylation sites (tertiary alicyclic amines) is 1. The lowest BCUT2D eigenvalue weighted by Gasteiger charge is -2.36. The molecule has 2 aromatic heterocycles. The molecule has 1 unspecified atom stereocenters. The number of nitrogens with one attached hydrogen (secondary N) is 1. The van der Waals surface area contributed by atoms with Gasteiger partial charge in [0.25, 0.3) is 0 Å². The van der Waals surface area contributed by atoms with E-state index in [0.717, 1.165) is 48.8 Å². The van der Waals surface area contributed by atoms with Gasteiger partial charge >= 0.3 is 0 Å². The van der Waals surface area contributed by atoms with Gasteiger partial charge in [-0.2, -0.15) is 0 Å². The van der Waals surface area contributed by atoms with Crippen molar-refractivity contribution in [1.29, 1.82) is 0 Å². The number of piperidine rings is 1. The van der Waals surface area contributed by atoms with Gasteiger partial charge in [0.05, 0.1) is 12.6 Å². The summed E-state index contributed by atoms with van der Waals surface area (Å²) < 4.78 is 6.12. The molecule has 4 rings (SSSR count). The quantitative estimate of drug-likeness (QED) is 0.602. The van der Waals surface area contributed by atoms with Crippen molar-refractivity contribution in [3.8, 4) is 0 Å². The lowest BCUT2D eigenvalue weighted by molar-refractivity contribution is -0.129. The average Bonchev–Trinajstić information content (AvgIpc) is 3.35. The number of nitrogens with zero attached hydrogens (tertiary/aromatic N) is 2. The van der Waals surface area contributed by atoms with E-state index in [1.54, 1.807) is 11.3 Å². The fourth-order valence-electron chi connectivity index (χ4n) is 4.15. The molecule has 1 amide bonds. The van der Waals surface area contributed by atoms with E-state index in [2.05, 4.69) is 34.3 Å². The molecular weight excluding hydrogens is 394 g/mol. The van der Waals surface area contributed by atoms with E-state index in [1.165, 1.54) is 10.9 Å². The molecule has 0 radical (unpaired) electrons. The van der Waals surface area contributed by atoms with Crippen molar-refractivity contribution in [2.24, 2.45) is 11.3 Å². The Morgan fingerprint density at radius 3 is 2.67 bits per heavy atom. The number of aryl methyl sites for hydroxylation is 1. The smallest absolute Gasteiger partial charge is 0.225 e. The van der Waals surface area contributed by atoms with E-state index in [4.69, 9.17) is 4.42 Å². The van der Waals surface area contributed by atoms with Crippen LogP contribution in [0.3, 0.4) is 0 Å². The Kier molecular flexibility index (Phi) is 5.98. The van der Waals surface area contributed by atoms with Crippen LogP contribution < -0.4 is 5.32 Å². The molecule has 3 aromatic rings. The molecule has 1 aromatic carbocycles. The molecule has 1 aliphatic heterocycles. The topological polar surface area (TPSA) is 58.4 Å². The Labute approximate surface area is 182 Å². The zero-order valence-electron chi connectivity index (χ0n) is 18.3. The minimum absolute atomic E-state index is 0.00758. The van der Waals surface area contributed by atoms with Crippen LogP contribution in [0.15, 0.2) is 40.3 Å². The molecule has 6 heteroatoms. The van der Waals surface area contributed by atoms with Crippen molar-refractivity contribution in [2.75, 3.05) is 13.1 Å². The predicted molar refractivity (Wildman–Crippen MR) is 121 cm³/mol. The number of rotatable bonds is 5. The van der Waals surface area contributed by atoms with Crippen LogP contribution in [-0.4, -0.2) is 28.9 Å². The summed E-state index contributed by atoms with van der Waals surface area (Å²) in [5.41, 5.74) is 1.80. The Hall–Kier alpha value is -2.18. The summed E-state index contributed by atoms with van der Waals surface area (Å²) in [7, 11) is 0. The second-order valence-electron chi connectivity index (χ2n) is 9.33. The Bertz CT molecular complexity index is 995. The highest BCUT2D eigenvalue weighted by molar-refractivity contribution is 7.09. The van der Waals surface area contributed by atoms with Gasteiger partial charge in [-0.3, -0.25) is 9.69 Å². The van der Waals surface area contributed by atoms with E-state index in [0.29, 0.717) is 5.92 Å². The third-order valence-electron chi connectivity index (χ3n) is 6.10. The molecule has 30 heavy (non-hydrogen) atoms. The predicted octanol–water partition coefficient (Wildman–Crippen LogP) is 5.31. The second kappa shape index (κ2) is 8.52.